The SMILES string of the molecule is Cc1nc(Cc2cccc(Cl)c2)sc1C(=O)Nc1ccccc1. The number of benzene rings is 2. The lowest BCUT2D eigenvalue weighted by atomic mass is 10.2. The van der Waals surface area contributed by atoms with E-state index in [1.54, 1.807) is 0 Å². The summed E-state index contributed by atoms with van der Waals surface area (Å²) in [6, 6.07) is 17.1. The molecule has 3 rings (SSSR count). The molecule has 2 aromatic carbocycles. The fourth-order valence-electron chi connectivity index (χ4n) is 2.27. The highest BCUT2D eigenvalue weighted by atomic mass is 35.5. The van der Waals surface area contributed by atoms with Gasteiger partial charge in [-0.05, 0) is 36.8 Å². The zero-order valence-electron chi connectivity index (χ0n) is 12.5. The number of nitrogens with zero attached hydrogens (tertiary/aromatic N) is 1. The molecule has 0 radical (unpaired) electrons. The van der Waals surface area contributed by atoms with Crippen LogP contribution < -0.4 is 5.32 Å². The number of carbonyl (C=O) groups excluding carboxylic acids is 1. The number of carbonyl (C=O) groups is 1. The van der Waals surface area contributed by atoms with Crippen LogP contribution in [0, 0.1) is 6.92 Å². The molecule has 1 heterocycles. The van der Waals surface area contributed by atoms with E-state index in [0.29, 0.717) is 16.3 Å². The molecular formula is C18H15ClN2OS. The van der Waals surface area contributed by atoms with E-state index in [4.69, 9.17) is 11.6 Å². The lowest BCUT2D eigenvalue weighted by molar-refractivity contribution is 0.103. The van der Waals surface area contributed by atoms with Crippen molar-refractivity contribution in [3.05, 3.63) is 80.8 Å². The molecule has 0 bridgehead atoms. The maximum atomic E-state index is 12.4. The number of rotatable bonds is 4. The second-order valence-corrected chi connectivity index (χ2v) is 6.67. The summed E-state index contributed by atoms with van der Waals surface area (Å²) in [5.74, 6) is -0.122. The number of hydrogen-bond donors (Lipinski definition) is 1. The molecule has 0 saturated carbocycles. The minimum absolute atomic E-state index is 0.122. The first kappa shape index (κ1) is 15.7. The van der Waals surface area contributed by atoms with Gasteiger partial charge in [-0.1, -0.05) is 41.9 Å². The van der Waals surface area contributed by atoms with Crippen molar-refractivity contribution < 1.29 is 4.79 Å². The highest BCUT2D eigenvalue weighted by Crippen LogP contribution is 2.23. The first-order valence-corrected chi connectivity index (χ1v) is 8.38. The van der Waals surface area contributed by atoms with Gasteiger partial charge in [0.05, 0.1) is 10.7 Å². The van der Waals surface area contributed by atoms with Gasteiger partial charge in [-0.15, -0.1) is 11.3 Å². The van der Waals surface area contributed by atoms with Crippen molar-refractivity contribution in [2.24, 2.45) is 0 Å². The van der Waals surface area contributed by atoms with Gasteiger partial charge in [0.15, 0.2) is 0 Å². The van der Waals surface area contributed by atoms with Crippen molar-refractivity contribution in [1.29, 1.82) is 0 Å². The zero-order chi connectivity index (χ0) is 16.2. The molecule has 1 aromatic heterocycles. The lowest BCUT2D eigenvalue weighted by Gasteiger charge is -2.02. The van der Waals surface area contributed by atoms with E-state index in [2.05, 4.69) is 10.3 Å². The molecule has 116 valence electrons. The Labute approximate surface area is 144 Å². The number of aryl methyl sites for hydroxylation is 1. The van der Waals surface area contributed by atoms with Crippen LogP contribution in [-0.2, 0) is 6.42 Å². The van der Waals surface area contributed by atoms with Gasteiger partial charge >= 0.3 is 0 Å². The maximum Gasteiger partial charge on any atom is 0.267 e. The highest BCUT2D eigenvalue weighted by Gasteiger charge is 2.15. The topological polar surface area (TPSA) is 42.0 Å². The Morgan fingerprint density at radius 1 is 1.17 bits per heavy atom. The van der Waals surface area contributed by atoms with Crippen LogP contribution in [0.15, 0.2) is 54.6 Å². The van der Waals surface area contributed by atoms with Crippen LogP contribution in [0.2, 0.25) is 5.02 Å². The summed E-state index contributed by atoms with van der Waals surface area (Å²) in [7, 11) is 0. The summed E-state index contributed by atoms with van der Waals surface area (Å²) >= 11 is 7.43. The maximum absolute atomic E-state index is 12.4. The third kappa shape index (κ3) is 3.97. The quantitative estimate of drug-likeness (QED) is 0.729. The molecule has 0 aliphatic rings. The van der Waals surface area contributed by atoms with E-state index in [1.807, 2.05) is 61.5 Å². The molecule has 0 spiro atoms. The van der Waals surface area contributed by atoms with Crippen molar-refractivity contribution in [2.45, 2.75) is 13.3 Å². The lowest BCUT2D eigenvalue weighted by Crippen LogP contribution is -2.11. The van der Waals surface area contributed by atoms with Crippen molar-refractivity contribution in [3.63, 3.8) is 0 Å². The molecule has 23 heavy (non-hydrogen) atoms. The summed E-state index contributed by atoms with van der Waals surface area (Å²) in [5.41, 5.74) is 2.61. The molecule has 0 saturated heterocycles. The Balaban J connectivity index is 1.76. The van der Waals surface area contributed by atoms with Gasteiger partial charge in [-0.2, -0.15) is 0 Å². The summed E-state index contributed by atoms with van der Waals surface area (Å²) < 4.78 is 0. The van der Waals surface area contributed by atoms with Crippen molar-refractivity contribution in [1.82, 2.24) is 4.98 Å². The van der Waals surface area contributed by atoms with Gasteiger partial charge in [-0.25, -0.2) is 4.98 Å². The first-order valence-electron chi connectivity index (χ1n) is 7.19. The summed E-state index contributed by atoms with van der Waals surface area (Å²) in [4.78, 5) is 17.6. The third-order valence-electron chi connectivity index (χ3n) is 3.32. The Kier molecular flexibility index (Phi) is 4.74. The molecule has 0 aliphatic heterocycles. The Hall–Kier alpha value is -2.17. The number of para-hydroxylation sites is 1. The largest absolute Gasteiger partial charge is 0.321 e. The van der Waals surface area contributed by atoms with Crippen LogP contribution >= 0.6 is 22.9 Å². The van der Waals surface area contributed by atoms with E-state index in [1.165, 1.54) is 11.3 Å². The number of halogens is 1. The smallest absolute Gasteiger partial charge is 0.267 e. The van der Waals surface area contributed by atoms with Crippen molar-refractivity contribution in [3.8, 4) is 0 Å². The number of thiazole rings is 1. The van der Waals surface area contributed by atoms with Gasteiger partial charge in [0.25, 0.3) is 5.91 Å². The third-order valence-corrected chi connectivity index (χ3v) is 4.71. The zero-order valence-corrected chi connectivity index (χ0v) is 14.1. The highest BCUT2D eigenvalue weighted by molar-refractivity contribution is 7.14. The molecule has 0 fully saturated rings. The molecule has 0 atom stereocenters. The second-order valence-electron chi connectivity index (χ2n) is 5.15. The molecule has 0 aliphatic carbocycles. The standard InChI is InChI=1S/C18H15ClN2OS/c1-12-17(18(22)21-15-8-3-2-4-9-15)23-16(20-12)11-13-6-5-7-14(19)10-13/h2-10H,11H2,1H3,(H,21,22). The average molecular weight is 343 g/mol. The Bertz CT molecular complexity index is 830. The summed E-state index contributed by atoms with van der Waals surface area (Å²) in [5, 5.41) is 4.51. The number of amides is 1. The summed E-state index contributed by atoms with van der Waals surface area (Å²) in [6.45, 7) is 1.86. The van der Waals surface area contributed by atoms with Crippen LogP contribution in [0.4, 0.5) is 5.69 Å². The number of aromatic nitrogens is 1. The normalized spacial score (nSPS) is 10.5. The number of hydrogen-bond acceptors (Lipinski definition) is 3. The Morgan fingerprint density at radius 2 is 1.96 bits per heavy atom. The molecule has 3 aromatic rings. The predicted molar refractivity (Wildman–Crippen MR) is 95.5 cm³/mol. The fourth-order valence-corrected chi connectivity index (χ4v) is 3.48. The van der Waals surface area contributed by atoms with Gasteiger partial charge < -0.3 is 5.32 Å². The monoisotopic (exact) mass is 342 g/mol. The molecule has 5 heteroatoms. The van der Waals surface area contributed by atoms with Crippen LogP contribution in [-0.4, -0.2) is 10.9 Å². The molecular weight excluding hydrogens is 328 g/mol. The van der Waals surface area contributed by atoms with Crippen LogP contribution in [0.1, 0.15) is 25.9 Å². The van der Waals surface area contributed by atoms with Crippen molar-refractivity contribution >= 4 is 34.5 Å². The second kappa shape index (κ2) is 6.94. The van der Waals surface area contributed by atoms with Crippen LogP contribution in [0.5, 0.6) is 0 Å². The van der Waals surface area contributed by atoms with E-state index in [0.717, 1.165) is 22.0 Å². The molecule has 1 N–H and O–H groups in total. The van der Waals surface area contributed by atoms with Gasteiger partial charge in [0.1, 0.15) is 4.88 Å². The van der Waals surface area contributed by atoms with E-state index in [-0.39, 0.29) is 5.91 Å². The minimum Gasteiger partial charge on any atom is -0.321 e. The van der Waals surface area contributed by atoms with Crippen LogP contribution in [0.3, 0.4) is 0 Å². The van der Waals surface area contributed by atoms with E-state index < -0.39 is 0 Å². The molecule has 0 unspecified atom stereocenters. The van der Waals surface area contributed by atoms with E-state index in [9.17, 15) is 4.79 Å². The van der Waals surface area contributed by atoms with E-state index >= 15 is 0 Å². The number of nitrogens with one attached hydrogen (secondary N) is 1. The van der Waals surface area contributed by atoms with Gasteiger partial charge in [0, 0.05) is 17.1 Å². The Morgan fingerprint density at radius 3 is 2.70 bits per heavy atom. The van der Waals surface area contributed by atoms with Gasteiger partial charge in [-0.3, -0.25) is 4.79 Å². The van der Waals surface area contributed by atoms with Crippen molar-refractivity contribution in [2.75, 3.05) is 5.32 Å². The first-order chi connectivity index (χ1) is 11.1. The average Bonchev–Trinajstić information content (AvgIpc) is 2.89. The molecule has 3 nitrogen and oxygen atoms in total. The van der Waals surface area contributed by atoms with Crippen LogP contribution in [0.25, 0.3) is 0 Å². The number of anilines is 1. The van der Waals surface area contributed by atoms with Gasteiger partial charge in [0.2, 0.25) is 0 Å². The summed E-state index contributed by atoms with van der Waals surface area (Å²) in [6.07, 6.45) is 0.671. The minimum atomic E-state index is -0.122. The molecule has 1 amide bonds. The predicted octanol–water partition coefficient (Wildman–Crippen LogP) is 4.95. The fraction of sp³-hybridized carbons (Fsp3) is 0.111.